The maximum Gasteiger partial charge on any atom is 0.166 e. The molecule has 0 aromatic heterocycles. The van der Waals surface area contributed by atoms with Gasteiger partial charge in [-0.2, -0.15) is 0 Å². The third kappa shape index (κ3) is 1.93. The summed E-state index contributed by atoms with van der Waals surface area (Å²) in [7, 11) is 0. The van der Waals surface area contributed by atoms with E-state index in [0.717, 1.165) is 41.8 Å². The Morgan fingerprint density at radius 3 is 2.93 bits per heavy atom. The average Bonchev–Trinajstić information content (AvgIpc) is 2.55. The molecule has 1 aliphatic carbocycles. The highest BCUT2D eigenvalue weighted by Crippen LogP contribution is 2.34. The maximum atomic E-state index is 12.0. The van der Waals surface area contributed by atoms with Gasteiger partial charge in [0.15, 0.2) is 5.78 Å². The van der Waals surface area contributed by atoms with E-state index in [1.54, 1.807) is 0 Å². The zero-order chi connectivity index (χ0) is 10.8. The lowest BCUT2D eigenvalue weighted by Crippen LogP contribution is -2.08. The van der Waals surface area contributed by atoms with E-state index in [1.807, 2.05) is 18.2 Å². The summed E-state index contributed by atoms with van der Waals surface area (Å²) in [4.78, 5) is 12.0. The van der Waals surface area contributed by atoms with Crippen LogP contribution in [-0.4, -0.2) is 5.78 Å². The van der Waals surface area contributed by atoms with Crippen molar-refractivity contribution in [1.29, 1.82) is 0 Å². The first-order valence-electron chi connectivity index (χ1n) is 5.55. The van der Waals surface area contributed by atoms with Crippen LogP contribution in [0, 0.1) is 5.92 Å². The Morgan fingerprint density at radius 2 is 2.27 bits per heavy atom. The number of hydrogen-bond acceptors (Lipinski definition) is 1. The van der Waals surface area contributed by atoms with Gasteiger partial charge in [-0.25, -0.2) is 0 Å². The third-order valence-electron chi connectivity index (χ3n) is 3.11. The van der Waals surface area contributed by atoms with Crippen molar-refractivity contribution in [3.63, 3.8) is 0 Å². The molecule has 80 valence electrons. The predicted molar refractivity (Wildman–Crippen MR) is 62.5 cm³/mol. The summed E-state index contributed by atoms with van der Waals surface area (Å²) in [5, 5.41) is 0.750. The van der Waals surface area contributed by atoms with Crippen LogP contribution in [-0.2, 0) is 6.42 Å². The zero-order valence-electron chi connectivity index (χ0n) is 8.92. The summed E-state index contributed by atoms with van der Waals surface area (Å²) >= 11 is 6.08. The number of unbranched alkanes of at least 4 members (excludes halogenated alkanes) is 1. The van der Waals surface area contributed by atoms with E-state index < -0.39 is 0 Å². The maximum absolute atomic E-state index is 12.0. The van der Waals surface area contributed by atoms with Crippen molar-refractivity contribution in [2.24, 2.45) is 5.92 Å². The molecule has 0 radical (unpaired) electrons. The van der Waals surface area contributed by atoms with Gasteiger partial charge in [0.25, 0.3) is 0 Å². The number of Topliss-reactive ketones (excluding diaryl/α,β-unsaturated/α-hetero) is 1. The number of fused-ring (bicyclic) bond motifs is 1. The van der Waals surface area contributed by atoms with Gasteiger partial charge in [0.1, 0.15) is 0 Å². The molecule has 0 aliphatic heterocycles. The summed E-state index contributed by atoms with van der Waals surface area (Å²) in [5.74, 6) is 0.473. The van der Waals surface area contributed by atoms with Gasteiger partial charge in [0.2, 0.25) is 0 Å². The Labute approximate surface area is 95.4 Å². The molecule has 0 N–H and O–H groups in total. The fourth-order valence-electron chi connectivity index (χ4n) is 2.24. The molecule has 1 nitrogen and oxygen atoms in total. The average molecular weight is 223 g/mol. The quantitative estimate of drug-likeness (QED) is 0.759. The van der Waals surface area contributed by atoms with Crippen molar-refractivity contribution in [2.45, 2.75) is 32.6 Å². The van der Waals surface area contributed by atoms with Crippen molar-refractivity contribution in [2.75, 3.05) is 0 Å². The van der Waals surface area contributed by atoms with E-state index in [2.05, 4.69) is 6.92 Å². The number of rotatable bonds is 3. The van der Waals surface area contributed by atoms with Crippen LogP contribution in [0.15, 0.2) is 18.2 Å². The molecular weight excluding hydrogens is 208 g/mol. The van der Waals surface area contributed by atoms with Crippen LogP contribution in [0.5, 0.6) is 0 Å². The highest BCUT2D eigenvalue weighted by molar-refractivity contribution is 6.32. The van der Waals surface area contributed by atoms with Gasteiger partial charge >= 0.3 is 0 Å². The van der Waals surface area contributed by atoms with Crippen LogP contribution in [0.2, 0.25) is 5.02 Å². The van der Waals surface area contributed by atoms with Crippen LogP contribution in [0.25, 0.3) is 0 Å². The highest BCUT2D eigenvalue weighted by Gasteiger charge is 2.30. The lowest BCUT2D eigenvalue weighted by molar-refractivity contribution is 0.0929. The first kappa shape index (κ1) is 10.7. The zero-order valence-corrected chi connectivity index (χ0v) is 9.68. The van der Waals surface area contributed by atoms with E-state index >= 15 is 0 Å². The molecule has 0 fully saturated rings. The van der Waals surface area contributed by atoms with Gasteiger partial charge < -0.3 is 0 Å². The fourth-order valence-corrected chi connectivity index (χ4v) is 2.49. The molecule has 2 rings (SSSR count). The van der Waals surface area contributed by atoms with Gasteiger partial charge in [-0.05, 0) is 24.5 Å². The minimum Gasteiger partial charge on any atom is -0.294 e. The lowest BCUT2D eigenvalue weighted by atomic mass is 9.98. The molecule has 1 aromatic rings. The van der Waals surface area contributed by atoms with E-state index in [1.165, 1.54) is 0 Å². The normalized spacial score (nSPS) is 19.3. The summed E-state index contributed by atoms with van der Waals surface area (Å²) in [6.45, 7) is 2.15. The smallest absolute Gasteiger partial charge is 0.166 e. The molecule has 0 unspecified atom stereocenters. The second-order valence-corrected chi connectivity index (χ2v) is 4.58. The van der Waals surface area contributed by atoms with E-state index in [0.29, 0.717) is 5.78 Å². The van der Waals surface area contributed by atoms with Gasteiger partial charge in [-0.1, -0.05) is 43.5 Å². The van der Waals surface area contributed by atoms with Crippen molar-refractivity contribution in [1.82, 2.24) is 0 Å². The predicted octanol–water partition coefficient (Wildman–Crippen LogP) is 3.89. The monoisotopic (exact) mass is 222 g/mol. The van der Waals surface area contributed by atoms with Crippen LogP contribution in [0.1, 0.15) is 42.1 Å². The molecule has 0 heterocycles. The Morgan fingerprint density at radius 1 is 1.47 bits per heavy atom. The Kier molecular flexibility index (Phi) is 3.11. The lowest BCUT2D eigenvalue weighted by Gasteiger charge is -2.05. The van der Waals surface area contributed by atoms with Crippen LogP contribution in [0.3, 0.4) is 0 Å². The summed E-state index contributed by atoms with van der Waals surface area (Å²) in [5.41, 5.74) is 1.91. The van der Waals surface area contributed by atoms with Crippen molar-refractivity contribution in [3.05, 3.63) is 34.3 Å². The Balaban J connectivity index is 2.22. The van der Waals surface area contributed by atoms with Gasteiger partial charge in [-0.3, -0.25) is 4.79 Å². The number of benzene rings is 1. The number of hydrogen-bond donors (Lipinski definition) is 0. The molecule has 1 atom stereocenters. The molecule has 1 aromatic carbocycles. The Hall–Kier alpha value is -0.820. The largest absolute Gasteiger partial charge is 0.294 e. The fraction of sp³-hybridized carbons (Fsp3) is 0.462. The number of ketones is 1. The van der Waals surface area contributed by atoms with Crippen LogP contribution < -0.4 is 0 Å². The van der Waals surface area contributed by atoms with Crippen LogP contribution in [0.4, 0.5) is 0 Å². The molecule has 0 saturated heterocycles. The minimum absolute atomic E-state index is 0.180. The number of carbonyl (C=O) groups is 1. The van der Waals surface area contributed by atoms with E-state index in [4.69, 9.17) is 11.6 Å². The molecule has 0 saturated carbocycles. The third-order valence-corrected chi connectivity index (χ3v) is 3.47. The first-order valence-corrected chi connectivity index (χ1v) is 5.93. The molecule has 0 bridgehead atoms. The first-order chi connectivity index (χ1) is 7.24. The standard InChI is InChI=1S/C13H15ClO/c1-2-3-5-9-8-11-10(13(9)15)6-4-7-12(11)14/h4,6-7,9H,2-3,5,8H2,1H3/t9-/m0/s1. The van der Waals surface area contributed by atoms with Gasteiger partial charge in [0, 0.05) is 16.5 Å². The molecule has 2 heteroatoms. The molecule has 15 heavy (non-hydrogen) atoms. The number of halogens is 1. The summed E-state index contributed by atoms with van der Waals surface area (Å²) in [6, 6.07) is 5.63. The molecule has 0 amide bonds. The van der Waals surface area contributed by atoms with E-state index in [-0.39, 0.29) is 5.92 Å². The Bertz CT molecular complexity index is 384. The second-order valence-electron chi connectivity index (χ2n) is 4.17. The molecule has 1 aliphatic rings. The van der Waals surface area contributed by atoms with Crippen molar-refractivity contribution in [3.8, 4) is 0 Å². The second kappa shape index (κ2) is 4.36. The topological polar surface area (TPSA) is 17.1 Å². The highest BCUT2D eigenvalue weighted by atomic mass is 35.5. The van der Waals surface area contributed by atoms with Crippen molar-refractivity contribution < 1.29 is 4.79 Å². The molecule has 0 spiro atoms. The van der Waals surface area contributed by atoms with Crippen molar-refractivity contribution >= 4 is 17.4 Å². The molecular formula is C13H15ClO. The van der Waals surface area contributed by atoms with Crippen LogP contribution >= 0.6 is 11.6 Å². The van der Waals surface area contributed by atoms with Gasteiger partial charge in [-0.15, -0.1) is 0 Å². The minimum atomic E-state index is 0.180. The summed E-state index contributed by atoms with van der Waals surface area (Å²) < 4.78 is 0. The van der Waals surface area contributed by atoms with E-state index in [9.17, 15) is 4.79 Å². The number of carbonyl (C=O) groups excluding carboxylic acids is 1. The SMILES string of the molecule is CCCC[C@H]1Cc2c(Cl)cccc2C1=O. The summed E-state index contributed by atoms with van der Waals surface area (Å²) in [6.07, 6.45) is 4.12. The van der Waals surface area contributed by atoms with Gasteiger partial charge in [0.05, 0.1) is 0 Å².